The first-order valence-corrected chi connectivity index (χ1v) is 5.93. The molecule has 0 aliphatic carbocycles. The number of aromatic amines is 1. The van der Waals surface area contributed by atoms with Gasteiger partial charge in [0.2, 0.25) is 0 Å². The third kappa shape index (κ3) is 2.41. The summed E-state index contributed by atoms with van der Waals surface area (Å²) >= 11 is 0. The first-order valence-electron chi connectivity index (χ1n) is 4.39. The highest BCUT2D eigenvalue weighted by Gasteiger charge is 2.14. The van der Waals surface area contributed by atoms with Crippen molar-refractivity contribution in [3.05, 3.63) is 35.9 Å². The molecule has 16 heavy (non-hydrogen) atoms. The number of hydrogen-bond donors (Lipinski definition) is 2. The largest absolute Gasteiger partial charge is 0.282 e. The van der Waals surface area contributed by atoms with Gasteiger partial charge >= 0.3 is 0 Å². The van der Waals surface area contributed by atoms with Gasteiger partial charge in [-0.05, 0) is 17.7 Å². The van der Waals surface area contributed by atoms with E-state index in [0.29, 0.717) is 12.2 Å². The zero-order valence-electron chi connectivity index (χ0n) is 8.16. The summed E-state index contributed by atoms with van der Waals surface area (Å²) in [4.78, 5) is 7.65. The number of nitrogens with one attached hydrogen (secondary N) is 1. The van der Waals surface area contributed by atoms with Crippen LogP contribution in [-0.2, 0) is 16.4 Å². The van der Waals surface area contributed by atoms with Crippen LogP contribution in [0, 0.1) is 0 Å². The second-order valence-corrected chi connectivity index (χ2v) is 4.60. The highest BCUT2D eigenvalue weighted by Crippen LogP contribution is 2.05. The van der Waals surface area contributed by atoms with Gasteiger partial charge in [-0.3, -0.25) is 10.1 Å². The van der Waals surface area contributed by atoms with Crippen molar-refractivity contribution < 1.29 is 8.42 Å². The molecule has 3 N–H and O–H groups in total. The van der Waals surface area contributed by atoms with Crippen LogP contribution < -0.4 is 5.14 Å². The molecular weight excluding hydrogens is 230 g/mol. The minimum Gasteiger partial charge on any atom is -0.265 e. The monoisotopic (exact) mass is 239 g/mol. The molecule has 2 rings (SSSR count). The van der Waals surface area contributed by atoms with Gasteiger partial charge in [-0.15, -0.1) is 5.10 Å². The minimum absolute atomic E-state index is 0.392. The van der Waals surface area contributed by atoms with Crippen molar-refractivity contribution in [1.29, 1.82) is 0 Å². The van der Waals surface area contributed by atoms with E-state index in [1.54, 1.807) is 24.5 Å². The summed E-state index contributed by atoms with van der Waals surface area (Å²) in [6, 6.07) is 3.61. The predicted octanol–water partition coefficient (Wildman–Crippen LogP) is -0.562. The molecule has 0 radical (unpaired) electrons. The van der Waals surface area contributed by atoms with Crippen LogP contribution in [0.5, 0.6) is 0 Å². The average Bonchev–Trinajstić information content (AvgIpc) is 2.67. The number of aromatic nitrogens is 4. The van der Waals surface area contributed by atoms with E-state index < -0.39 is 15.2 Å². The molecule has 8 heteroatoms. The van der Waals surface area contributed by atoms with E-state index in [2.05, 4.69) is 20.2 Å². The van der Waals surface area contributed by atoms with Crippen LogP contribution in [0.1, 0.15) is 11.4 Å². The van der Waals surface area contributed by atoms with Gasteiger partial charge < -0.3 is 0 Å². The third-order valence-corrected chi connectivity index (χ3v) is 2.58. The Morgan fingerprint density at radius 3 is 2.56 bits per heavy atom. The molecule has 0 bridgehead atoms. The zero-order valence-corrected chi connectivity index (χ0v) is 8.98. The lowest BCUT2D eigenvalue weighted by Crippen LogP contribution is -2.13. The number of primary sulfonamides is 1. The van der Waals surface area contributed by atoms with Crippen molar-refractivity contribution in [3.63, 3.8) is 0 Å². The summed E-state index contributed by atoms with van der Waals surface area (Å²) in [6.07, 6.45) is 3.74. The fraction of sp³-hybridized carbons (Fsp3) is 0.125. The first kappa shape index (κ1) is 10.7. The van der Waals surface area contributed by atoms with E-state index in [1.165, 1.54) is 0 Å². The van der Waals surface area contributed by atoms with E-state index >= 15 is 0 Å². The van der Waals surface area contributed by atoms with Crippen LogP contribution in [0.25, 0.3) is 0 Å². The molecule has 0 aromatic carbocycles. The number of hydrogen-bond acceptors (Lipinski definition) is 5. The normalized spacial score (nSPS) is 11.6. The van der Waals surface area contributed by atoms with Crippen molar-refractivity contribution in [3.8, 4) is 0 Å². The van der Waals surface area contributed by atoms with Crippen molar-refractivity contribution >= 4 is 10.0 Å². The van der Waals surface area contributed by atoms with Gasteiger partial charge in [-0.2, -0.15) is 0 Å². The molecule has 0 aliphatic heterocycles. The summed E-state index contributed by atoms with van der Waals surface area (Å²) in [5.41, 5.74) is 0.951. The Bertz CT molecular complexity index is 577. The summed E-state index contributed by atoms with van der Waals surface area (Å²) in [5.74, 6) is 0.440. The maximum absolute atomic E-state index is 10.9. The summed E-state index contributed by atoms with van der Waals surface area (Å²) in [7, 11) is -3.84. The number of H-pyrrole nitrogens is 1. The summed E-state index contributed by atoms with van der Waals surface area (Å²) < 4.78 is 21.8. The van der Waals surface area contributed by atoms with Crippen LogP contribution in [0.15, 0.2) is 29.7 Å². The Morgan fingerprint density at radius 1 is 1.31 bits per heavy atom. The lowest BCUT2D eigenvalue weighted by Gasteiger charge is -1.94. The van der Waals surface area contributed by atoms with Crippen molar-refractivity contribution in [1.82, 2.24) is 20.2 Å². The predicted molar refractivity (Wildman–Crippen MR) is 54.8 cm³/mol. The van der Waals surface area contributed by atoms with Gasteiger partial charge in [0.05, 0.1) is 0 Å². The Kier molecular flexibility index (Phi) is 2.67. The fourth-order valence-corrected chi connectivity index (χ4v) is 1.59. The Balaban J connectivity index is 2.22. The van der Waals surface area contributed by atoms with Crippen LogP contribution in [-0.4, -0.2) is 28.6 Å². The van der Waals surface area contributed by atoms with Crippen LogP contribution in [0.4, 0.5) is 0 Å². The molecule has 0 saturated heterocycles. The SMILES string of the molecule is NS(=O)(=O)c1n[nH]c(Cc2ccncc2)n1. The lowest BCUT2D eigenvalue weighted by atomic mass is 10.2. The first-order chi connectivity index (χ1) is 7.55. The Morgan fingerprint density at radius 2 is 2.00 bits per heavy atom. The number of rotatable bonds is 3. The molecule has 84 valence electrons. The molecule has 0 unspecified atom stereocenters. The maximum atomic E-state index is 10.9. The van der Waals surface area contributed by atoms with Crippen molar-refractivity contribution in [2.24, 2.45) is 5.14 Å². The molecule has 0 spiro atoms. The highest BCUT2D eigenvalue weighted by molar-refractivity contribution is 7.89. The molecule has 0 fully saturated rings. The molecular formula is C8H9N5O2S. The minimum atomic E-state index is -3.84. The number of nitrogens with zero attached hydrogens (tertiary/aromatic N) is 3. The second kappa shape index (κ2) is 3.99. The molecule has 0 aliphatic rings. The van der Waals surface area contributed by atoms with Gasteiger partial charge in [0.15, 0.2) is 0 Å². The molecule has 2 heterocycles. The Hall–Kier alpha value is -1.80. The smallest absolute Gasteiger partial charge is 0.265 e. The number of nitrogens with two attached hydrogens (primary N) is 1. The molecule has 7 nitrogen and oxygen atoms in total. The lowest BCUT2D eigenvalue weighted by molar-refractivity contribution is 0.589. The Labute approximate surface area is 91.8 Å². The molecule has 2 aromatic rings. The maximum Gasteiger partial charge on any atom is 0.282 e. The van der Waals surface area contributed by atoms with Crippen LogP contribution >= 0.6 is 0 Å². The summed E-state index contributed by atoms with van der Waals surface area (Å²) in [6.45, 7) is 0. The van der Waals surface area contributed by atoms with E-state index in [1.807, 2.05) is 0 Å². The topological polar surface area (TPSA) is 115 Å². The van der Waals surface area contributed by atoms with E-state index in [9.17, 15) is 8.42 Å². The van der Waals surface area contributed by atoms with E-state index in [4.69, 9.17) is 5.14 Å². The standard InChI is InChI=1S/C8H9N5O2S/c9-16(14,15)8-11-7(12-13-8)5-6-1-3-10-4-2-6/h1-4H,5H2,(H2,9,14,15)(H,11,12,13). The van der Waals surface area contributed by atoms with Crippen LogP contribution in [0.2, 0.25) is 0 Å². The van der Waals surface area contributed by atoms with E-state index in [0.717, 1.165) is 5.56 Å². The summed E-state index contributed by atoms with van der Waals surface area (Å²) in [5, 5.41) is 10.5. The molecule has 0 amide bonds. The number of pyridine rings is 1. The third-order valence-electron chi connectivity index (χ3n) is 1.89. The highest BCUT2D eigenvalue weighted by atomic mass is 32.2. The van der Waals surface area contributed by atoms with Crippen molar-refractivity contribution in [2.45, 2.75) is 11.6 Å². The zero-order chi connectivity index (χ0) is 11.6. The van der Waals surface area contributed by atoms with Gasteiger partial charge in [-0.25, -0.2) is 18.5 Å². The molecule has 2 aromatic heterocycles. The van der Waals surface area contributed by atoms with E-state index in [-0.39, 0.29) is 0 Å². The van der Waals surface area contributed by atoms with Gasteiger partial charge in [-0.1, -0.05) is 0 Å². The number of sulfonamides is 1. The second-order valence-electron chi connectivity index (χ2n) is 3.14. The van der Waals surface area contributed by atoms with Gasteiger partial charge in [0, 0.05) is 18.8 Å². The fourth-order valence-electron chi connectivity index (χ4n) is 1.18. The van der Waals surface area contributed by atoms with Crippen LogP contribution in [0.3, 0.4) is 0 Å². The van der Waals surface area contributed by atoms with Gasteiger partial charge in [0.25, 0.3) is 15.2 Å². The molecule has 0 atom stereocenters. The quantitative estimate of drug-likeness (QED) is 0.744. The van der Waals surface area contributed by atoms with Gasteiger partial charge in [0.1, 0.15) is 5.82 Å². The average molecular weight is 239 g/mol. The molecule has 0 saturated carbocycles. The van der Waals surface area contributed by atoms with Crippen molar-refractivity contribution in [2.75, 3.05) is 0 Å².